The maximum absolute atomic E-state index is 9.15. The molecule has 3 nitrogen and oxygen atoms in total. The SMILES string of the molecule is Cl.[2H]C([2H])(N)C([2H])([2H])c1ccc(O)c(O)c1. The van der Waals surface area contributed by atoms with Crippen LogP contribution in [0.4, 0.5) is 0 Å². The molecule has 0 amide bonds. The van der Waals surface area contributed by atoms with Crippen molar-refractivity contribution in [3.8, 4) is 11.5 Å². The largest absolute Gasteiger partial charge is 0.504 e. The second-order valence-electron chi connectivity index (χ2n) is 1.97. The maximum Gasteiger partial charge on any atom is 0.157 e. The van der Waals surface area contributed by atoms with E-state index in [2.05, 4.69) is 0 Å². The smallest absolute Gasteiger partial charge is 0.157 e. The van der Waals surface area contributed by atoms with Gasteiger partial charge in [0.05, 0.1) is 0 Å². The lowest BCUT2D eigenvalue weighted by molar-refractivity contribution is 0.403. The highest BCUT2D eigenvalue weighted by atomic mass is 35.5. The van der Waals surface area contributed by atoms with Gasteiger partial charge < -0.3 is 15.9 Å². The van der Waals surface area contributed by atoms with Crippen LogP contribution in [-0.2, 0) is 6.37 Å². The van der Waals surface area contributed by atoms with Gasteiger partial charge in [-0.05, 0) is 30.6 Å². The molecule has 0 heterocycles. The van der Waals surface area contributed by atoms with Crippen LogP contribution in [0.5, 0.6) is 11.5 Å². The van der Waals surface area contributed by atoms with E-state index >= 15 is 0 Å². The monoisotopic (exact) mass is 193 g/mol. The topological polar surface area (TPSA) is 66.5 Å². The minimum absolute atomic E-state index is 0. The molecule has 68 valence electrons. The number of hydrogen-bond donors (Lipinski definition) is 3. The van der Waals surface area contributed by atoms with Crippen molar-refractivity contribution in [3.05, 3.63) is 23.8 Å². The van der Waals surface area contributed by atoms with Crippen molar-refractivity contribution in [2.75, 3.05) is 6.50 Å². The third kappa shape index (κ3) is 2.60. The first kappa shape index (κ1) is 5.67. The summed E-state index contributed by atoms with van der Waals surface area (Å²) in [6, 6.07) is 3.19. The molecule has 1 aromatic carbocycles. The van der Waals surface area contributed by atoms with E-state index < -0.39 is 24.4 Å². The zero-order valence-corrected chi connectivity index (χ0v) is 6.93. The Kier molecular flexibility index (Phi) is 2.29. The van der Waals surface area contributed by atoms with Gasteiger partial charge >= 0.3 is 0 Å². The predicted octanol–water partition coefficient (Wildman–Crippen LogP) is 1.02. The maximum atomic E-state index is 9.15. The first-order valence-corrected chi connectivity index (χ1v) is 2.97. The Hall–Kier alpha value is -0.930. The summed E-state index contributed by atoms with van der Waals surface area (Å²) in [4.78, 5) is 0. The van der Waals surface area contributed by atoms with Gasteiger partial charge in [-0.15, -0.1) is 12.4 Å². The van der Waals surface area contributed by atoms with Crippen LogP contribution in [0.1, 0.15) is 11.0 Å². The van der Waals surface area contributed by atoms with Crippen LogP contribution in [0.3, 0.4) is 0 Å². The summed E-state index contributed by atoms with van der Waals surface area (Å²) in [5.41, 5.74) is 4.91. The van der Waals surface area contributed by atoms with Crippen LogP contribution in [0, 0.1) is 0 Å². The summed E-state index contributed by atoms with van der Waals surface area (Å²) in [5, 5.41) is 18.2. The molecule has 0 aliphatic rings. The number of phenolic OH excluding ortho intramolecular Hbond substituents is 2. The van der Waals surface area contributed by atoms with Crippen LogP contribution in [0.15, 0.2) is 18.2 Å². The molecule has 4 N–H and O–H groups in total. The highest BCUT2D eigenvalue weighted by Gasteiger charge is 1.98. The van der Waals surface area contributed by atoms with E-state index in [1.54, 1.807) is 0 Å². The Balaban J connectivity index is 0.00000225. The fourth-order valence-corrected chi connectivity index (χ4v) is 0.685. The highest BCUT2D eigenvalue weighted by Crippen LogP contribution is 2.24. The van der Waals surface area contributed by atoms with Crippen LogP contribution >= 0.6 is 12.4 Å². The molecule has 0 saturated carbocycles. The zero-order valence-electron chi connectivity index (χ0n) is 10.1. The highest BCUT2D eigenvalue weighted by molar-refractivity contribution is 5.85. The number of aryl methyl sites for hydroxylation is 1. The quantitative estimate of drug-likeness (QED) is 0.615. The van der Waals surface area contributed by atoms with Crippen molar-refractivity contribution in [1.82, 2.24) is 0 Å². The van der Waals surface area contributed by atoms with E-state index in [1.165, 1.54) is 6.07 Å². The van der Waals surface area contributed by atoms with E-state index in [1.807, 2.05) is 0 Å². The Morgan fingerprint density at radius 3 is 2.50 bits per heavy atom. The summed E-state index contributed by atoms with van der Waals surface area (Å²) < 4.78 is 29.2. The molecule has 1 rings (SSSR count). The molecule has 1 aromatic rings. The summed E-state index contributed by atoms with van der Waals surface area (Å²) >= 11 is 0. The second-order valence-corrected chi connectivity index (χ2v) is 1.97. The van der Waals surface area contributed by atoms with Crippen molar-refractivity contribution in [1.29, 1.82) is 0 Å². The average Bonchev–Trinajstić information content (AvgIpc) is 2.07. The van der Waals surface area contributed by atoms with E-state index in [-0.39, 0.29) is 18.0 Å². The predicted molar refractivity (Wildman–Crippen MR) is 49.8 cm³/mol. The van der Waals surface area contributed by atoms with Gasteiger partial charge in [0.15, 0.2) is 11.5 Å². The van der Waals surface area contributed by atoms with Crippen LogP contribution < -0.4 is 5.73 Å². The van der Waals surface area contributed by atoms with Gasteiger partial charge in [0, 0.05) is 5.48 Å². The summed E-state index contributed by atoms with van der Waals surface area (Å²) in [7, 11) is 0. The lowest BCUT2D eigenvalue weighted by Gasteiger charge is -2.00. The number of benzene rings is 1. The molecule has 0 aromatic heterocycles. The van der Waals surface area contributed by atoms with Gasteiger partial charge in [0.2, 0.25) is 0 Å². The number of nitrogens with two attached hydrogens (primary N) is 1. The summed E-state index contributed by atoms with van der Waals surface area (Å²) in [6.45, 7) is -2.57. The molecular weight excluding hydrogens is 178 g/mol. The fraction of sp³-hybridized carbons (Fsp3) is 0.250. The average molecular weight is 194 g/mol. The number of phenols is 2. The molecule has 0 saturated heterocycles. The minimum atomic E-state index is -2.57. The number of rotatable bonds is 2. The Labute approximate surface area is 82.9 Å². The fourth-order valence-electron chi connectivity index (χ4n) is 0.685. The van der Waals surface area contributed by atoms with Crippen LogP contribution in [-0.4, -0.2) is 16.7 Å². The Bertz CT molecular complexity index is 381. The first-order valence-electron chi connectivity index (χ1n) is 4.97. The van der Waals surface area contributed by atoms with Crippen LogP contribution in [0.25, 0.3) is 0 Å². The summed E-state index contributed by atoms with van der Waals surface area (Å²) in [5.74, 6) is -0.909. The van der Waals surface area contributed by atoms with Crippen molar-refractivity contribution in [2.45, 2.75) is 6.37 Å². The van der Waals surface area contributed by atoms with E-state index in [0.29, 0.717) is 0 Å². The molecule has 0 unspecified atom stereocenters. The molecule has 0 bridgehead atoms. The molecule has 0 fully saturated rings. The van der Waals surface area contributed by atoms with Crippen molar-refractivity contribution < 1.29 is 15.7 Å². The Morgan fingerprint density at radius 1 is 1.33 bits per heavy atom. The minimum Gasteiger partial charge on any atom is -0.504 e. The molecule has 0 aliphatic carbocycles. The van der Waals surface area contributed by atoms with Crippen LogP contribution in [0.2, 0.25) is 0 Å². The van der Waals surface area contributed by atoms with Gasteiger partial charge in [0.25, 0.3) is 0 Å². The first-order chi connectivity index (χ1) is 6.66. The van der Waals surface area contributed by atoms with Gasteiger partial charge in [0.1, 0.15) is 0 Å². The van der Waals surface area contributed by atoms with Crippen molar-refractivity contribution in [3.63, 3.8) is 0 Å². The van der Waals surface area contributed by atoms with Gasteiger partial charge in [-0.3, -0.25) is 0 Å². The number of hydrogen-bond acceptors (Lipinski definition) is 3. The van der Waals surface area contributed by atoms with E-state index in [0.717, 1.165) is 12.1 Å². The lowest BCUT2D eigenvalue weighted by Crippen LogP contribution is -2.02. The molecule has 0 atom stereocenters. The Morgan fingerprint density at radius 2 is 2.00 bits per heavy atom. The zero-order chi connectivity index (χ0) is 11.9. The van der Waals surface area contributed by atoms with E-state index in [4.69, 9.17) is 21.4 Å². The standard InChI is InChI=1S/C8H11NO2.ClH/c9-4-3-6-1-2-7(10)8(11)5-6;/h1-2,5,10-11H,3-4,9H2;1H/i3D2,4D2;. The number of aromatic hydroxyl groups is 2. The van der Waals surface area contributed by atoms with Crippen molar-refractivity contribution in [2.24, 2.45) is 5.73 Å². The molecule has 0 spiro atoms. The van der Waals surface area contributed by atoms with Crippen molar-refractivity contribution >= 4 is 12.4 Å². The summed E-state index contributed by atoms with van der Waals surface area (Å²) in [6.07, 6.45) is -2.45. The third-order valence-electron chi connectivity index (χ3n) is 1.19. The molecule has 0 aliphatic heterocycles. The molecule has 12 heavy (non-hydrogen) atoms. The van der Waals surface area contributed by atoms with Gasteiger partial charge in [-0.2, -0.15) is 0 Å². The second kappa shape index (κ2) is 4.85. The lowest BCUT2D eigenvalue weighted by atomic mass is 10.1. The molecule has 0 radical (unpaired) electrons. The molecular formula is C8H12ClNO2. The third-order valence-corrected chi connectivity index (χ3v) is 1.19. The van der Waals surface area contributed by atoms with Gasteiger partial charge in [-0.25, -0.2) is 0 Å². The molecule has 4 heteroatoms. The van der Waals surface area contributed by atoms with E-state index in [9.17, 15) is 0 Å². The van der Waals surface area contributed by atoms with Gasteiger partial charge in [-0.1, -0.05) is 6.07 Å². The number of halogens is 1. The normalized spacial score (nSPS) is 16.4.